The maximum Gasteiger partial charge on any atom is 0.143 e. The fourth-order valence-electron chi connectivity index (χ4n) is 9.05. The Kier molecular flexibility index (Phi) is 7.75. The summed E-state index contributed by atoms with van der Waals surface area (Å²) in [7, 11) is 0. The van der Waals surface area contributed by atoms with E-state index in [4.69, 9.17) is 4.42 Å². The number of anilines is 3. The van der Waals surface area contributed by atoms with Crippen LogP contribution in [0.4, 0.5) is 17.1 Å². The van der Waals surface area contributed by atoms with Gasteiger partial charge in [-0.3, -0.25) is 0 Å². The highest BCUT2D eigenvalue weighted by Crippen LogP contribution is 2.49. The smallest absolute Gasteiger partial charge is 0.143 e. The lowest BCUT2D eigenvalue weighted by Gasteiger charge is -2.28. The summed E-state index contributed by atoms with van der Waals surface area (Å²) in [4.78, 5) is 2.44. The van der Waals surface area contributed by atoms with E-state index in [2.05, 4.69) is 217 Å². The van der Waals surface area contributed by atoms with Crippen molar-refractivity contribution >= 4 is 92.1 Å². The molecule has 0 radical (unpaired) electrons. The molecule has 0 bridgehead atoms. The summed E-state index contributed by atoms with van der Waals surface area (Å²) in [5.74, 6) is 0. The molecule has 0 spiro atoms. The van der Waals surface area contributed by atoms with Gasteiger partial charge in [0.05, 0.1) is 16.1 Å². The monoisotopic (exact) mass is 769 g/mol. The minimum atomic E-state index is 0.895. The van der Waals surface area contributed by atoms with Crippen molar-refractivity contribution in [2.24, 2.45) is 0 Å². The summed E-state index contributed by atoms with van der Waals surface area (Å²) in [6, 6.07) is 76.9. The van der Waals surface area contributed by atoms with Gasteiger partial charge in [-0.2, -0.15) is 0 Å². The van der Waals surface area contributed by atoms with E-state index in [1.807, 2.05) is 11.3 Å². The van der Waals surface area contributed by atoms with Crippen molar-refractivity contribution in [2.75, 3.05) is 4.90 Å². The van der Waals surface area contributed by atoms with E-state index in [9.17, 15) is 0 Å². The zero-order valence-corrected chi connectivity index (χ0v) is 32.8. The van der Waals surface area contributed by atoms with Gasteiger partial charge < -0.3 is 9.32 Å². The van der Waals surface area contributed by atoms with Gasteiger partial charge in [0.2, 0.25) is 0 Å². The van der Waals surface area contributed by atoms with Crippen LogP contribution in [0.5, 0.6) is 0 Å². The molecule has 0 atom stereocenters. The van der Waals surface area contributed by atoms with Gasteiger partial charge in [0.25, 0.3) is 0 Å². The predicted molar refractivity (Wildman–Crippen MR) is 253 cm³/mol. The summed E-state index contributed by atoms with van der Waals surface area (Å²) >= 11 is 1.85. The zero-order valence-electron chi connectivity index (χ0n) is 32.0. The van der Waals surface area contributed by atoms with E-state index in [1.165, 1.54) is 64.0 Å². The average Bonchev–Trinajstić information content (AvgIpc) is 3.87. The number of hydrogen-bond donors (Lipinski definition) is 0. The Bertz CT molecular complexity index is 3570. The molecule has 0 saturated carbocycles. The van der Waals surface area contributed by atoms with Gasteiger partial charge in [0.15, 0.2) is 0 Å². The topological polar surface area (TPSA) is 16.4 Å². The van der Waals surface area contributed by atoms with Crippen molar-refractivity contribution in [1.29, 1.82) is 0 Å². The van der Waals surface area contributed by atoms with Gasteiger partial charge in [0.1, 0.15) is 11.2 Å². The second-order valence-electron chi connectivity index (χ2n) is 15.2. The molecule has 0 aliphatic rings. The van der Waals surface area contributed by atoms with Crippen LogP contribution in [0.2, 0.25) is 0 Å². The molecule has 0 amide bonds. The van der Waals surface area contributed by atoms with Gasteiger partial charge in [-0.25, -0.2) is 0 Å². The lowest BCUT2D eigenvalue weighted by atomic mass is 9.95. The standard InChI is InChI=1S/C56H35NOS/c1-2-15-40-35-53-50(34-39(40)14-1)48-24-11-23-47(55(48)58-53)45-20-5-7-26-51(45)57(52-27-12-25-49-46-21-6-8-28-54(46)59-56(49)52)42-31-29-36(30-32-42)38-17-9-18-41(33-38)44-22-10-16-37-13-3-4-19-43(37)44/h1-35H. The summed E-state index contributed by atoms with van der Waals surface area (Å²) < 4.78 is 9.35. The molecule has 0 unspecified atom stereocenters. The third-order valence-corrected chi connectivity index (χ3v) is 13.1. The Morgan fingerprint density at radius 3 is 1.86 bits per heavy atom. The molecule has 0 N–H and O–H groups in total. The number of thiophene rings is 1. The maximum absolute atomic E-state index is 6.82. The van der Waals surface area contributed by atoms with Crippen LogP contribution in [-0.2, 0) is 0 Å². The molecule has 2 heterocycles. The molecule has 0 aliphatic heterocycles. The minimum absolute atomic E-state index is 0.895. The third-order valence-electron chi connectivity index (χ3n) is 11.8. The molecule has 12 aromatic rings. The van der Waals surface area contributed by atoms with E-state index in [-0.39, 0.29) is 0 Å². The number of rotatable bonds is 6. The average molecular weight is 770 g/mol. The molecule has 276 valence electrons. The van der Waals surface area contributed by atoms with Crippen molar-refractivity contribution in [3.8, 4) is 33.4 Å². The van der Waals surface area contributed by atoms with Crippen LogP contribution < -0.4 is 4.90 Å². The van der Waals surface area contributed by atoms with Gasteiger partial charge >= 0.3 is 0 Å². The Morgan fingerprint density at radius 1 is 0.356 bits per heavy atom. The number of nitrogens with zero attached hydrogens (tertiary/aromatic N) is 1. The first kappa shape index (κ1) is 33.7. The first-order chi connectivity index (χ1) is 29.2. The first-order valence-electron chi connectivity index (χ1n) is 20.1. The van der Waals surface area contributed by atoms with Crippen LogP contribution >= 0.6 is 11.3 Å². The van der Waals surface area contributed by atoms with Gasteiger partial charge in [0, 0.05) is 43.1 Å². The normalized spacial score (nSPS) is 11.7. The number of fused-ring (bicyclic) bond motifs is 8. The van der Waals surface area contributed by atoms with Crippen LogP contribution in [0.25, 0.3) is 97.0 Å². The third kappa shape index (κ3) is 5.55. The molecule has 10 aromatic carbocycles. The molecule has 0 aliphatic carbocycles. The number of para-hydroxylation sites is 2. The SMILES string of the molecule is c1cc(-c2ccc(N(c3ccccc3-c3cccc4c3oc3cc5ccccc5cc34)c3cccc4c3sc3ccccc34)cc2)cc(-c2cccc3ccccc23)c1. The second-order valence-corrected chi connectivity index (χ2v) is 16.3. The first-order valence-corrected chi connectivity index (χ1v) is 20.9. The van der Waals surface area contributed by atoms with E-state index in [0.717, 1.165) is 50.1 Å². The second kappa shape index (κ2) is 13.6. The minimum Gasteiger partial charge on any atom is -0.455 e. The van der Waals surface area contributed by atoms with E-state index in [0.29, 0.717) is 0 Å². The predicted octanol–water partition coefficient (Wildman–Crippen LogP) is 16.7. The molecule has 59 heavy (non-hydrogen) atoms. The Hall–Kier alpha value is -7.46. The van der Waals surface area contributed by atoms with Crippen LogP contribution in [-0.4, -0.2) is 0 Å². The zero-order chi connectivity index (χ0) is 38.9. The van der Waals surface area contributed by atoms with E-state index < -0.39 is 0 Å². The van der Waals surface area contributed by atoms with E-state index >= 15 is 0 Å². The van der Waals surface area contributed by atoms with Gasteiger partial charge in [-0.15, -0.1) is 11.3 Å². The summed E-state index contributed by atoms with van der Waals surface area (Å²) in [6.07, 6.45) is 0. The molecule has 2 aromatic heterocycles. The van der Waals surface area contributed by atoms with Crippen molar-refractivity contribution in [2.45, 2.75) is 0 Å². The number of hydrogen-bond acceptors (Lipinski definition) is 3. The van der Waals surface area contributed by atoms with Gasteiger partial charge in [-0.05, 0) is 92.3 Å². The molecule has 0 fully saturated rings. The molecular weight excluding hydrogens is 735 g/mol. The lowest BCUT2D eigenvalue weighted by molar-refractivity contribution is 0.670. The maximum atomic E-state index is 6.82. The highest BCUT2D eigenvalue weighted by atomic mass is 32.1. The number of furan rings is 1. The van der Waals surface area contributed by atoms with Gasteiger partial charge in [-0.1, -0.05) is 164 Å². The summed E-state index contributed by atoms with van der Waals surface area (Å²) in [6.45, 7) is 0. The highest BCUT2D eigenvalue weighted by Gasteiger charge is 2.23. The van der Waals surface area contributed by atoms with E-state index in [1.54, 1.807) is 0 Å². The highest BCUT2D eigenvalue weighted by molar-refractivity contribution is 7.26. The van der Waals surface area contributed by atoms with Crippen molar-refractivity contribution < 1.29 is 4.42 Å². The van der Waals surface area contributed by atoms with Crippen LogP contribution in [0.15, 0.2) is 217 Å². The Labute approximate surface area is 345 Å². The molecule has 12 rings (SSSR count). The Balaban J connectivity index is 1.03. The molecule has 0 saturated heterocycles. The molecule has 3 heteroatoms. The largest absolute Gasteiger partial charge is 0.455 e. The lowest BCUT2D eigenvalue weighted by Crippen LogP contribution is -2.11. The summed E-state index contributed by atoms with van der Waals surface area (Å²) in [5, 5.41) is 9.68. The fraction of sp³-hybridized carbons (Fsp3) is 0. The quantitative estimate of drug-likeness (QED) is 0.167. The Morgan fingerprint density at radius 2 is 0.966 bits per heavy atom. The molecule has 2 nitrogen and oxygen atoms in total. The fourth-order valence-corrected chi connectivity index (χ4v) is 10.3. The van der Waals surface area contributed by atoms with Crippen molar-refractivity contribution in [1.82, 2.24) is 0 Å². The summed E-state index contributed by atoms with van der Waals surface area (Å²) in [5.41, 5.74) is 12.1. The molecular formula is C56H35NOS. The van der Waals surface area contributed by atoms with Crippen molar-refractivity contribution in [3.05, 3.63) is 212 Å². The van der Waals surface area contributed by atoms with Crippen molar-refractivity contribution in [3.63, 3.8) is 0 Å². The number of benzene rings is 10. The van der Waals surface area contributed by atoms with Crippen LogP contribution in [0.3, 0.4) is 0 Å². The van der Waals surface area contributed by atoms with Crippen LogP contribution in [0, 0.1) is 0 Å². The van der Waals surface area contributed by atoms with Crippen LogP contribution in [0.1, 0.15) is 0 Å².